The fourth-order valence-electron chi connectivity index (χ4n) is 0.779. The van der Waals surface area contributed by atoms with Crippen LogP contribution in [0.5, 0.6) is 0 Å². The summed E-state index contributed by atoms with van der Waals surface area (Å²) in [5.41, 5.74) is 0. The van der Waals surface area contributed by atoms with Crippen LogP contribution in [0.1, 0.15) is 6.42 Å². The van der Waals surface area contributed by atoms with Crippen molar-refractivity contribution in [1.29, 1.82) is 0 Å². The third-order valence-electron chi connectivity index (χ3n) is 1.55. The molecule has 0 fully saturated rings. The first-order chi connectivity index (χ1) is 5.66. The van der Waals surface area contributed by atoms with Crippen molar-refractivity contribution in [3.05, 3.63) is 0 Å². The highest BCUT2D eigenvalue weighted by molar-refractivity contribution is 5.75. The number of nitrogens with one attached hydrogen (secondary N) is 3. The largest absolute Gasteiger partial charge is 0.350 e. The van der Waals surface area contributed by atoms with Gasteiger partial charge in [0.15, 0.2) is 0 Å². The molecule has 0 aromatic rings. The first kappa shape index (κ1) is 11.4. The molecule has 1 amide bonds. The van der Waals surface area contributed by atoms with E-state index in [1.165, 1.54) is 4.90 Å². The lowest BCUT2D eigenvalue weighted by Gasteiger charge is -2.07. The Kier molecular flexibility index (Phi) is 6.70. The molecule has 0 aliphatic heterocycles. The lowest BCUT2D eigenvalue weighted by Crippen LogP contribution is -3.06. The maximum absolute atomic E-state index is 11.0. The highest BCUT2D eigenvalue weighted by atomic mass is 16.1. The normalized spacial score (nSPS) is 10.3. The van der Waals surface area contributed by atoms with Crippen LogP contribution in [0, 0.1) is 0 Å². The number of hydrogen-bond acceptors (Lipinski definition) is 2. The van der Waals surface area contributed by atoms with Crippen LogP contribution in [0.25, 0.3) is 0 Å². The van der Waals surface area contributed by atoms with Crippen molar-refractivity contribution in [1.82, 2.24) is 10.6 Å². The van der Waals surface area contributed by atoms with Crippen molar-refractivity contribution < 1.29 is 9.69 Å². The van der Waals surface area contributed by atoms with Gasteiger partial charge in [-0.2, -0.15) is 0 Å². The van der Waals surface area contributed by atoms with E-state index in [1.807, 2.05) is 7.05 Å². The first-order valence-electron chi connectivity index (χ1n) is 4.37. The molecule has 0 rings (SSSR count). The van der Waals surface area contributed by atoms with Gasteiger partial charge in [0.05, 0.1) is 27.2 Å². The summed E-state index contributed by atoms with van der Waals surface area (Å²) >= 11 is 0. The molecular weight excluding hydrogens is 154 g/mol. The van der Waals surface area contributed by atoms with Crippen molar-refractivity contribution in [3.8, 4) is 0 Å². The van der Waals surface area contributed by atoms with E-state index in [-0.39, 0.29) is 5.91 Å². The zero-order valence-corrected chi connectivity index (χ0v) is 8.24. The van der Waals surface area contributed by atoms with Crippen molar-refractivity contribution in [3.63, 3.8) is 0 Å². The molecule has 0 bridgehead atoms. The second kappa shape index (κ2) is 7.06. The third kappa shape index (κ3) is 7.50. The van der Waals surface area contributed by atoms with E-state index in [1.54, 1.807) is 0 Å². The second-order valence-electron chi connectivity index (χ2n) is 3.16. The van der Waals surface area contributed by atoms with Gasteiger partial charge in [0.2, 0.25) is 5.91 Å². The van der Waals surface area contributed by atoms with Crippen LogP contribution in [0.4, 0.5) is 0 Å². The van der Waals surface area contributed by atoms with Gasteiger partial charge < -0.3 is 15.5 Å². The Hall–Kier alpha value is -0.610. The molecule has 0 saturated carbocycles. The molecule has 0 aromatic carbocycles. The highest BCUT2D eigenvalue weighted by Crippen LogP contribution is 1.73. The summed E-state index contributed by atoms with van der Waals surface area (Å²) in [6, 6.07) is 0. The topological polar surface area (TPSA) is 45.6 Å². The summed E-state index contributed by atoms with van der Waals surface area (Å²) in [7, 11) is 5.98. The summed E-state index contributed by atoms with van der Waals surface area (Å²) in [5.74, 6) is 0.130. The zero-order valence-electron chi connectivity index (χ0n) is 8.24. The van der Waals surface area contributed by atoms with Gasteiger partial charge in [-0.3, -0.25) is 4.79 Å². The molecule has 3 N–H and O–H groups in total. The molecule has 0 unspecified atom stereocenters. The predicted octanol–water partition coefficient (Wildman–Crippen LogP) is -2.14. The van der Waals surface area contributed by atoms with Crippen LogP contribution in [0.15, 0.2) is 0 Å². The fraction of sp³-hybridized carbons (Fsp3) is 0.875. The molecule has 4 nitrogen and oxygen atoms in total. The van der Waals surface area contributed by atoms with Gasteiger partial charge in [0.25, 0.3) is 0 Å². The molecule has 0 radical (unpaired) electrons. The molecule has 72 valence electrons. The van der Waals surface area contributed by atoms with Gasteiger partial charge in [-0.25, -0.2) is 0 Å². The van der Waals surface area contributed by atoms with Crippen LogP contribution >= 0.6 is 0 Å². The summed E-state index contributed by atoms with van der Waals surface area (Å²) in [6.07, 6.45) is 0.569. The Morgan fingerprint density at radius 1 is 1.33 bits per heavy atom. The molecule has 0 atom stereocenters. The number of amides is 1. The zero-order chi connectivity index (χ0) is 9.40. The third-order valence-corrected chi connectivity index (χ3v) is 1.55. The van der Waals surface area contributed by atoms with Gasteiger partial charge in [-0.15, -0.1) is 0 Å². The molecule has 0 aromatic heterocycles. The number of hydrogen-bond donors (Lipinski definition) is 3. The predicted molar refractivity (Wildman–Crippen MR) is 49.2 cm³/mol. The Bertz CT molecular complexity index is 125. The fourth-order valence-corrected chi connectivity index (χ4v) is 0.779. The lowest BCUT2D eigenvalue weighted by molar-refractivity contribution is -0.856. The van der Waals surface area contributed by atoms with Gasteiger partial charge in [0.1, 0.15) is 0 Å². The molecule has 0 aliphatic carbocycles. The van der Waals surface area contributed by atoms with Crippen LogP contribution in [-0.4, -0.2) is 46.7 Å². The summed E-state index contributed by atoms with van der Waals surface area (Å²) in [6.45, 7) is 2.50. The minimum Gasteiger partial charge on any atom is -0.350 e. The number of quaternary nitrogens is 1. The van der Waals surface area contributed by atoms with Crippen LogP contribution < -0.4 is 15.5 Å². The maximum Gasteiger partial charge on any atom is 0.221 e. The minimum absolute atomic E-state index is 0.130. The van der Waals surface area contributed by atoms with Crippen molar-refractivity contribution in [2.45, 2.75) is 6.42 Å². The molecule has 0 heterocycles. The Morgan fingerprint density at radius 2 is 2.00 bits per heavy atom. The van der Waals surface area contributed by atoms with E-state index in [9.17, 15) is 4.79 Å². The molecule has 0 saturated heterocycles. The second-order valence-corrected chi connectivity index (χ2v) is 3.16. The van der Waals surface area contributed by atoms with Crippen LogP contribution in [-0.2, 0) is 4.79 Å². The van der Waals surface area contributed by atoms with Crippen molar-refractivity contribution >= 4 is 5.91 Å². The lowest BCUT2D eigenvalue weighted by atomic mass is 10.4. The average molecular weight is 174 g/mol. The van der Waals surface area contributed by atoms with Gasteiger partial charge >= 0.3 is 0 Å². The number of carbonyl (C=O) groups excluding carboxylic acids is 1. The van der Waals surface area contributed by atoms with E-state index in [0.717, 1.165) is 19.6 Å². The van der Waals surface area contributed by atoms with E-state index in [4.69, 9.17) is 0 Å². The quantitative estimate of drug-likeness (QED) is 0.430. The molecule has 12 heavy (non-hydrogen) atoms. The standard InChI is InChI=1S/C8H19N3O/c1-9-5-4-8(12)10-6-7-11(2)3/h9H,4-7H2,1-3H3,(H,10,12)/p+1. The number of likely N-dealkylation sites (N-methyl/N-ethyl adjacent to an activating group) is 1. The summed E-state index contributed by atoms with van der Waals surface area (Å²) in [5, 5.41) is 5.78. The highest BCUT2D eigenvalue weighted by Gasteiger charge is 1.99. The number of carbonyl (C=O) groups is 1. The number of rotatable bonds is 6. The van der Waals surface area contributed by atoms with Crippen molar-refractivity contribution in [2.75, 3.05) is 40.8 Å². The van der Waals surface area contributed by atoms with E-state index < -0.39 is 0 Å². The van der Waals surface area contributed by atoms with Crippen LogP contribution in [0.2, 0.25) is 0 Å². The SMILES string of the molecule is CNCCC(=O)NCC[NH+](C)C. The summed E-state index contributed by atoms with van der Waals surface area (Å²) < 4.78 is 0. The Balaban J connectivity index is 3.20. The van der Waals surface area contributed by atoms with Gasteiger partial charge in [0, 0.05) is 13.0 Å². The summed E-state index contributed by atoms with van der Waals surface area (Å²) in [4.78, 5) is 12.4. The molecular formula is C8H20N3O+. The van der Waals surface area contributed by atoms with E-state index in [2.05, 4.69) is 24.7 Å². The van der Waals surface area contributed by atoms with E-state index in [0.29, 0.717) is 6.42 Å². The average Bonchev–Trinajstić information content (AvgIpc) is 2.00. The Morgan fingerprint density at radius 3 is 2.50 bits per heavy atom. The maximum atomic E-state index is 11.0. The van der Waals surface area contributed by atoms with Crippen molar-refractivity contribution in [2.24, 2.45) is 0 Å². The Labute approximate surface area is 74.3 Å². The molecule has 4 heteroatoms. The first-order valence-corrected chi connectivity index (χ1v) is 4.37. The molecule has 0 spiro atoms. The van der Waals surface area contributed by atoms with Gasteiger partial charge in [-0.1, -0.05) is 0 Å². The minimum atomic E-state index is 0.130. The monoisotopic (exact) mass is 174 g/mol. The van der Waals surface area contributed by atoms with E-state index >= 15 is 0 Å². The van der Waals surface area contributed by atoms with Crippen LogP contribution in [0.3, 0.4) is 0 Å². The molecule has 0 aliphatic rings. The smallest absolute Gasteiger partial charge is 0.221 e. The van der Waals surface area contributed by atoms with Gasteiger partial charge in [-0.05, 0) is 7.05 Å².